The molecule has 0 aliphatic carbocycles. The second-order valence-electron chi connectivity index (χ2n) is 8.41. The van der Waals surface area contributed by atoms with E-state index in [4.69, 9.17) is 0 Å². The zero-order valence-corrected chi connectivity index (χ0v) is 18.6. The van der Waals surface area contributed by atoms with E-state index in [2.05, 4.69) is 44.4 Å². The largest absolute Gasteiger partial charge is 0.369 e. The van der Waals surface area contributed by atoms with Gasteiger partial charge in [-0.15, -0.1) is 0 Å². The Morgan fingerprint density at radius 2 is 1.72 bits per heavy atom. The number of nitrogens with one attached hydrogen (secondary N) is 1. The Kier molecular flexibility index (Phi) is 5.14. The van der Waals surface area contributed by atoms with Crippen LogP contribution < -0.4 is 10.2 Å². The minimum absolute atomic E-state index is 0.132. The lowest BCUT2D eigenvalue weighted by atomic mass is 10.1. The number of likely N-dealkylation sites (N-methyl/N-ethyl adjacent to an activating group) is 2. The second-order valence-corrected chi connectivity index (χ2v) is 8.41. The van der Waals surface area contributed by atoms with Crippen molar-refractivity contribution in [3.8, 4) is 0 Å². The molecule has 1 N–H and O–H groups in total. The number of aromatic nitrogens is 2. The summed E-state index contributed by atoms with van der Waals surface area (Å²) in [5, 5.41) is 8.70. The van der Waals surface area contributed by atoms with Crippen LogP contribution >= 0.6 is 0 Å². The first kappa shape index (κ1) is 20.3. The number of aryl methyl sites for hydroxylation is 1. The van der Waals surface area contributed by atoms with Crippen molar-refractivity contribution >= 4 is 40.2 Å². The minimum Gasteiger partial charge on any atom is -0.369 e. The van der Waals surface area contributed by atoms with E-state index >= 15 is 0 Å². The number of piperazine rings is 1. The molecule has 0 spiro atoms. The zero-order valence-electron chi connectivity index (χ0n) is 18.6. The van der Waals surface area contributed by atoms with Crippen LogP contribution in [0.5, 0.6) is 0 Å². The van der Waals surface area contributed by atoms with Crippen molar-refractivity contribution in [2.75, 3.05) is 50.5 Å². The topological polar surface area (TPSA) is 69.0 Å². The molecule has 1 amide bonds. The van der Waals surface area contributed by atoms with Crippen LogP contribution in [0.4, 0.5) is 11.4 Å². The third-order valence-corrected chi connectivity index (χ3v) is 6.01. The van der Waals surface area contributed by atoms with E-state index in [1.165, 1.54) is 5.69 Å². The van der Waals surface area contributed by atoms with Gasteiger partial charge in [-0.2, -0.15) is 5.10 Å². The number of carbonyl (C=O) groups excluding carboxylic acids is 1. The number of anilines is 2. The maximum absolute atomic E-state index is 12.7. The highest BCUT2D eigenvalue weighted by Crippen LogP contribution is 2.23. The molecule has 2 aromatic carbocycles. The summed E-state index contributed by atoms with van der Waals surface area (Å²) in [6.45, 7) is 4.22. The van der Waals surface area contributed by atoms with E-state index in [1.54, 1.807) is 16.6 Å². The molecule has 0 atom stereocenters. The predicted octanol–water partition coefficient (Wildman–Crippen LogP) is 2.61. The molecule has 0 radical (unpaired) electrons. The van der Waals surface area contributed by atoms with Crippen LogP contribution in [0.1, 0.15) is 5.56 Å². The molecule has 1 saturated heterocycles. The van der Waals surface area contributed by atoms with Crippen LogP contribution in [-0.4, -0.2) is 71.7 Å². The molecule has 0 saturated carbocycles. The Balaban J connectivity index is 1.32. The summed E-state index contributed by atoms with van der Waals surface area (Å²) < 4.78 is 1.78. The van der Waals surface area contributed by atoms with E-state index in [0.29, 0.717) is 11.7 Å². The maximum Gasteiger partial charge on any atom is 0.279 e. The van der Waals surface area contributed by atoms with Crippen molar-refractivity contribution in [1.82, 2.24) is 19.6 Å². The van der Waals surface area contributed by atoms with E-state index in [9.17, 15) is 4.79 Å². The maximum atomic E-state index is 12.7. The second kappa shape index (κ2) is 8.12. The van der Waals surface area contributed by atoms with E-state index in [1.807, 2.05) is 49.7 Å². The molecule has 0 bridgehead atoms. The normalized spacial score (nSPS) is 18.7. The number of aliphatic imine (C=N–C) groups is 1. The van der Waals surface area contributed by atoms with E-state index in [-0.39, 0.29) is 5.91 Å². The Hall–Kier alpha value is -3.65. The number of carbonyl (C=O) groups is 1. The van der Waals surface area contributed by atoms with E-state index < -0.39 is 0 Å². The molecule has 8 heteroatoms. The summed E-state index contributed by atoms with van der Waals surface area (Å²) >= 11 is 0. The molecule has 3 aromatic rings. The first-order valence-electron chi connectivity index (χ1n) is 10.8. The van der Waals surface area contributed by atoms with Gasteiger partial charge in [0.1, 0.15) is 5.70 Å². The fourth-order valence-corrected chi connectivity index (χ4v) is 4.08. The van der Waals surface area contributed by atoms with Crippen LogP contribution in [-0.2, 0) is 11.8 Å². The molecule has 5 rings (SSSR count). The molecule has 2 aliphatic rings. The zero-order chi connectivity index (χ0) is 22.2. The molecule has 2 aliphatic heterocycles. The quantitative estimate of drug-likeness (QED) is 0.649. The lowest BCUT2D eigenvalue weighted by Gasteiger charge is -2.34. The van der Waals surface area contributed by atoms with Crippen molar-refractivity contribution in [1.29, 1.82) is 0 Å². The number of fused-ring (bicyclic) bond motifs is 1. The molecule has 1 aromatic heterocycles. The fourth-order valence-electron chi connectivity index (χ4n) is 4.08. The van der Waals surface area contributed by atoms with Crippen LogP contribution in [0.3, 0.4) is 0 Å². The lowest BCUT2D eigenvalue weighted by molar-refractivity contribution is -0.121. The average Bonchev–Trinajstić information content (AvgIpc) is 3.28. The highest BCUT2D eigenvalue weighted by atomic mass is 16.2. The minimum atomic E-state index is -0.132. The van der Waals surface area contributed by atoms with Crippen LogP contribution in [0, 0.1) is 0 Å². The fraction of sp³-hybridized carbons (Fsp3) is 0.292. The van der Waals surface area contributed by atoms with Crippen molar-refractivity contribution in [2.45, 2.75) is 0 Å². The Bertz CT molecular complexity index is 1220. The lowest BCUT2D eigenvalue weighted by Crippen LogP contribution is -2.44. The Labute approximate surface area is 187 Å². The summed E-state index contributed by atoms with van der Waals surface area (Å²) in [6, 6.07) is 14.2. The van der Waals surface area contributed by atoms with Gasteiger partial charge in [0.15, 0.2) is 0 Å². The summed E-state index contributed by atoms with van der Waals surface area (Å²) in [5.74, 6) is 0.392. The Morgan fingerprint density at radius 3 is 2.47 bits per heavy atom. The highest BCUT2D eigenvalue weighted by Gasteiger charge is 2.27. The van der Waals surface area contributed by atoms with Gasteiger partial charge in [-0.05, 0) is 55.1 Å². The highest BCUT2D eigenvalue weighted by molar-refractivity contribution is 6.17. The van der Waals surface area contributed by atoms with Crippen LogP contribution in [0.2, 0.25) is 0 Å². The third kappa shape index (κ3) is 3.97. The van der Waals surface area contributed by atoms with Gasteiger partial charge in [0.25, 0.3) is 5.91 Å². The number of rotatable bonds is 3. The summed E-state index contributed by atoms with van der Waals surface area (Å²) in [6.07, 6.45) is 3.78. The van der Waals surface area contributed by atoms with Gasteiger partial charge in [0.05, 0.1) is 5.52 Å². The number of benzene rings is 2. The molecule has 32 heavy (non-hydrogen) atoms. The SMILES string of the molecule is CN1CCN(c2ccc(NC3=N/C(=C\c4ccc5nn(C)cc5c4)C(=O)N3C)cc2)CC1. The first-order chi connectivity index (χ1) is 15.5. The van der Waals surface area contributed by atoms with Gasteiger partial charge in [0.2, 0.25) is 5.96 Å². The molecular weight excluding hydrogens is 402 g/mol. The van der Waals surface area contributed by atoms with Crippen LogP contribution in [0.15, 0.2) is 59.4 Å². The number of hydrogen-bond acceptors (Lipinski definition) is 6. The van der Waals surface area contributed by atoms with Gasteiger partial charge in [-0.1, -0.05) is 6.07 Å². The predicted molar refractivity (Wildman–Crippen MR) is 129 cm³/mol. The Morgan fingerprint density at radius 1 is 0.969 bits per heavy atom. The van der Waals surface area contributed by atoms with Crippen LogP contribution in [0.25, 0.3) is 17.0 Å². The molecule has 8 nitrogen and oxygen atoms in total. The van der Waals surface area contributed by atoms with Gasteiger partial charge in [0, 0.05) is 63.2 Å². The molecule has 0 unspecified atom stereocenters. The number of amides is 1. The van der Waals surface area contributed by atoms with Crippen molar-refractivity contribution in [2.24, 2.45) is 12.0 Å². The molecule has 1 fully saturated rings. The molecular formula is C24H27N7O. The smallest absolute Gasteiger partial charge is 0.279 e. The van der Waals surface area contributed by atoms with Crippen molar-refractivity contribution in [3.63, 3.8) is 0 Å². The van der Waals surface area contributed by atoms with Crippen molar-refractivity contribution < 1.29 is 4.79 Å². The van der Waals surface area contributed by atoms with Gasteiger partial charge in [-0.25, -0.2) is 4.99 Å². The van der Waals surface area contributed by atoms with E-state index in [0.717, 1.165) is 48.3 Å². The monoisotopic (exact) mass is 429 g/mol. The van der Waals surface area contributed by atoms with Gasteiger partial charge in [-0.3, -0.25) is 14.4 Å². The number of hydrogen-bond donors (Lipinski definition) is 1. The number of guanidine groups is 1. The molecule has 3 heterocycles. The summed E-state index contributed by atoms with van der Waals surface area (Å²) in [5.41, 5.74) is 4.37. The number of nitrogens with zero attached hydrogens (tertiary/aromatic N) is 6. The van der Waals surface area contributed by atoms with Gasteiger partial charge < -0.3 is 15.1 Å². The standard InChI is InChI=1S/C24H27N7O/c1-28-10-12-31(13-11-28)20-7-5-19(6-8-20)25-24-26-22(23(32)30(24)3)15-17-4-9-21-18(14-17)16-29(2)27-21/h4-9,14-16H,10-13H2,1-3H3,(H,25,26)/b22-15-. The third-order valence-electron chi connectivity index (χ3n) is 6.01. The molecule has 164 valence electrons. The summed E-state index contributed by atoms with van der Waals surface area (Å²) in [4.78, 5) is 23.6. The average molecular weight is 430 g/mol. The first-order valence-corrected chi connectivity index (χ1v) is 10.8. The van der Waals surface area contributed by atoms with Crippen molar-refractivity contribution in [3.05, 3.63) is 59.9 Å². The summed E-state index contributed by atoms with van der Waals surface area (Å²) in [7, 11) is 5.79. The van der Waals surface area contributed by atoms with Gasteiger partial charge >= 0.3 is 0 Å².